The first-order valence-corrected chi connectivity index (χ1v) is 5.72. The Hall–Kier alpha value is -1.06. The summed E-state index contributed by atoms with van der Waals surface area (Å²) in [6, 6.07) is 9.25. The van der Waals surface area contributed by atoms with Gasteiger partial charge in [-0.05, 0) is 30.5 Å². The van der Waals surface area contributed by atoms with Crippen molar-refractivity contribution in [3.8, 4) is 5.75 Å². The smallest absolute Gasteiger partial charge is 0.118 e. The van der Waals surface area contributed by atoms with Gasteiger partial charge in [-0.3, -0.25) is 0 Å². The normalized spacial score (nSPS) is 24.6. The molecule has 0 bridgehead atoms. The molecule has 1 aromatic carbocycles. The molecule has 16 heavy (non-hydrogen) atoms. The van der Waals surface area contributed by atoms with Crippen molar-refractivity contribution in [2.45, 2.75) is 24.9 Å². The van der Waals surface area contributed by atoms with Gasteiger partial charge in [-0.25, -0.2) is 0 Å². The van der Waals surface area contributed by atoms with Crippen LogP contribution in [-0.2, 0) is 4.74 Å². The van der Waals surface area contributed by atoms with E-state index in [1.165, 1.54) is 18.4 Å². The summed E-state index contributed by atoms with van der Waals surface area (Å²) < 4.78 is 10.3. The van der Waals surface area contributed by atoms with E-state index in [1.807, 2.05) is 12.1 Å². The van der Waals surface area contributed by atoms with Gasteiger partial charge in [0.25, 0.3) is 0 Å². The van der Waals surface area contributed by atoms with Crippen LogP contribution in [0.2, 0.25) is 0 Å². The molecule has 1 heterocycles. The van der Waals surface area contributed by atoms with E-state index in [0.29, 0.717) is 12.1 Å². The van der Waals surface area contributed by atoms with Crippen LogP contribution in [0.25, 0.3) is 0 Å². The largest absolute Gasteiger partial charge is 0.497 e. The molecule has 1 aliphatic rings. The van der Waals surface area contributed by atoms with Crippen LogP contribution in [0.4, 0.5) is 0 Å². The van der Waals surface area contributed by atoms with Gasteiger partial charge in [-0.2, -0.15) is 0 Å². The van der Waals surface area contributed by atoms with Gasteiger partial charge in [0.1, 0.15) is 5.75 Å². The summed E-state index contributed by atoms with van der Waals surface area (Å²) >= 11 is 0. The van der Waals surface area contributed by atoms with Crippen LogP contribution in [0.3, 0.4) is 0 Å². The molecule has 3 heteroatoms. The zero-order valence-corrected chi connectivity index (χ0v) is 9.90. The van der Waals surface area contributed by atoms with Gasteiger partial charge >= 0.3 is 0 Å². The minimum atomic E-state index is 0.464. The number of hydrogen-bond acceptors (Lipinski definition) is 3. The SMILES string of the molecule is COCC1CCC(c2ccc(OC)cc2)N1. The Balaban J connectivity index is 1.97. The number of methoxy groups -OCH3 is 2. The predicted octanol–water partition coefficient (Wildman–Crippen LogP) is 2.13. The molecule has 3 nitrogen and oxygen atoms in total. The quantitative estimate of drug-likeness (QED) is 0.845. The minimum Gasteiger partial charge on any atom is -0.497 e. The second-order valence-electron chi connectivity index (χ2n) is 4.22. The van der Waals surface area contributed by atoms with E-state index in [-0.39, 0.29) is 0 Å². The third-order valence-corrected chi connectivity index (χ3v) is 3.13. The standard InChI is InChI=1S/C13H19NO2/c1-15-9-11-5-8-13(14-11)10-3-6-12(16-2)7-4-10/h3-4,6-7,11,13-14H,5,8-9H2,1-2H3. The summed E-state index contributed by atoms with van der Waals surface area (Å²) in [5, 5.41) is 3.58. The summed E-state index contributed by atoms with van der Waals surface area (Å²) in [4.78, 5) is 0. The molecule has 1 aromatic rings. The van der Waals surface area contributed by atoms with Crippen LogP contribution < -0.4 is 10.1 Å². The van der Waals surface area contributed by atoms with Crippen molar-refractivity contribution in [1.82, 2.24) is 5.32 Å². The Bertz CT molecular complexity index is 323. The zero-order valence-electron chi connectivity index (χ0n) is 9.90. The van der Waals surface area contributed by atoms with E-state index in [0.717, 1.165) is 12.4 Å². The first kappa shape index (κ1) is 11.4. The molecule has 2 rings (SSSR count). The average Bonchev–Trinajstić information content (AvgIpc) is 2.78. The molecule has 0 aliphatic carbocycles. The number of nitrogens with one attached hydrogen (secondary N) is 1. The molecule has 0 spiro atoms. The van der Waals surface area contributed by atoms with Crippen LogP contribution in [0, 0.1) is 0 Å². The predicted molar refractivity (Wildman–Crippen MR) is 63.8 cm³/mol. The fraction of sp³-hybridized carbons (Fsp3) is 0.538. The highest BCUT2D eigenvalue weighted by atomic mass is 16.5. The molecule has 1 N–H and O–H groups in total. The van der Waals surface area contributed by atoms with E-state index in [2.05, 4.69) is 17.4 Å². The third kappa shape index (κ3) is 2.54. The molecular weight excluding hydrogens is 202 g/mol. The molecule has 2 unspecified atom stereocenters. The van der Waals surface area contributed by atoms with Crippen molar-refractivity contribution in [3.63, 3.8) is 0 Å². The van der Waals surface area contributed by atoms with Crippen LogP contribution in [-0.4, -0.2) is 26.9 Å². The molecule has 1 aliphatic heterocycles. The van der Waals surface area contributed by atoms with Crippen LogP contribution in [0.15, 0.2) is 24.3 Å². The van der Waals surface area contributed by atoms with E-state index in [9.17, 15) is 0 Å². The maximum Gasteiger partial charge on any atom is 0.118 e. The van der Waals surface area contributed by atoms with E-state index < -0.39 is 0 Å². The fourth-order valence-corrected chi connectivity index (χ4v) is 2.25. The molecule has 2 atom stereocenters. The summed E-state index contributed by atoms with van der Waals surface area (Å²) in [6.45, 7) is 0.798. The lowest BCUT2D eigenvalue weighted by Crippen LogP contribution is -2.28. The van der Waals surface area contributed by atoms with Gasteiger partial charge in [0.05, 0.1) is 13.7 Å². The molecule has 1 saturated heterocycles. The van der Waals surface area contributed by atoms with Crippen molar-refractivity contribution in [3.05, 3.63) is 29.8 Å². The molecule has 1 fully saturated rings. The molecule has 88 valence electrons. The Labute approximate surface area is 96.8 Å². The molecular formula is C13H19NO2. The number of hydrogen-bond donors (Lipinski definition) is 1. The zero-order chi connectivity index (χ0) is 11.4. The van der Waals surface area contributed by atoms with Gasteiger partial charge in [0, 0.05) is 19.2 Å². The van der Waals surface area contributed by atoms with Crippen molar-refractivity contribution < 1.29 is 9.47 Å². The summed E-state index contributed by atoms with van der Waals surface area (Å²) in [7, 11) is 3.44. The lowest BCUT2D eigenvalue weighted by molar-refractivity contribution is 0.172. The lowest BCUT2D eigenvalue weighted by atomic mass is 10.1. The van der Waals surface area contributed by atoms with Crippen molar-refractivity contribution >= 4 is 0 Å². The topological polar surface area (TPSA) is 30.5 Å². The Morgan fingerprint density at radius 3 is 2.56 bits per heavy atom. The van der Waals surface area contributed by atoms with Crippen molar-refractivity contribution in [1.29, 1.82) is 0 Å². The monoisotopic (exact) mass is 221 g/mol. The minimum absolute atomic E-state index is 0.464. The first-order chi connectivity index (χ1) is 7.83. The second kappa shape index (κ2) is 5.32. The molecule has 0 amide bonds. The van der Waals surface area contributed by atoms with Crippen LogP contribution in [0.1, 0.15) is 24.4 Å². The highest BCUT2D eigenvalue weighted by Crippen LogP contribution is 2.27. The number of ether oxygens (including phenoxy) is 2. The molecule has 0 radical (unpaired) electrons. The summed E-state index contributed by atoms with van der Waals surface area (Å²) in [6.07, 6.45) is 2.37. The van der Waals surface area contributed by atoms with Gasteiger partial charge in [0.2, 0.25) is 0 Å². The van der Waals surface area contributed by atoms with Crippen LogP contribution in [0.5, 0.6) is 5.75 Å². The Morgan fingerprint density at radius 2 is 1.94 bits per heavy atom. The van der Waals surface area contributed by atoms with Crippen molar-refractivity contribution in [2.24, 2.45) is 0 Å². The highest BCUT2D eigenvalue weighted by molar-refractivity contribution is 5.29. The number of rotatable bonds is 4. The van der Waals surface area contributed by atoms with Crippen LogP contribution >= 0.6 is 0 Å². The van der Waals surface area contributed by atoms with Gasteiger partial charge in [0.15, 0.2) is 0 Å². The fourth-order valence-electron chi connectivity index (χ4n) is 2.25. The maximum absolute atomic E-state index is 5.16. The number of benzene rings is 1. The maximum atomic E-state index is 5.16. The molecule has 0 saturated carbocycles. The summed E-state index contributed by atoms with van der Waals surface area (Å²) in [5.41, 5.74) is 1.33. The van der Waals surface area contributed by atoms with Crippen molar-refractivity contribution in [2.75, 3.05) is 20.8 Å². The van der Waals surface area contributed by atoms with E-state index in [4.69, 9.17) is 9.47 Å². The lowest BCUT2D eigenvalue weighted by Gasteiger charge is -2.14. The Kier molecular flexibility index (Phi) is 3.80. The first-order valence-electron chi connectivity index (χ1n) is 5.72. The van der Waals surface area contributed by atoms with E-state index >= 15 is 0 Å². The van der Waals surface area contributed by atoms with Gasteiger partial charge in [-0.15, -0.1) is 0 Å². The van der Waals surface area contributed by atoms with Gasteiger partial charge in [-0.1, -0.05) is 12.1 Å². The molecule has 0 aromatic heterocycles. The van der Waals surface area contributed by atoms with Gasteiger partial charge < -0.3 is 14.8 Å². The van der Waals surface area contributed by atoms with E-state index in [1.54, 1.807) is 14.2 Å². The Morgan fingerprint density at radius 1 is 1.19 bits per heavy atom. The highest BCUT2D eigenvalue weighted by Gasteiger charge is 2.24. The second-order valence-corrected chi connectivity index (χ2v) is 4.22. The average molecular weight is 221 g/mol. The summed E-state index contributed by atoms with van der Waals surface area (Å²) in [5.74, 6) is 0.912. The third-order valence-electron chi connectivity index (χ3n) is 3.13.